The summed E-state index contributed by atoms with van der Waals surface area (Å²) < 4.78 is 26.6. The van der Waals surface area contributed by atoms with E-state index < -0.39 is 10.0 Å². The van der Waals surface area contributed by atoms with Crippen LogP contribution in [0.15, 0.2) is 23.1 Å². The van der Waals surface area contributed by atoms with Gasteiger partial charge in [-0.3, -0.25) is 0 Å². The highest BCUT2D eigenvalue weighted by molar-refractivity contribution is 7.89. The molecular formula is C13H20ClN3O2S. The molecule has 20 heavy (non-hydrogen) atoms. The van der Waals surface area contributed by atoms with Gasteiger partial charge in [0.1, 0.15) is 0 Å². The highest BCUT2D eigenvalue weighted by Gasteiger charge is 2.30. The average Bonchev–Trinajstić information content (AvgIpc) is 2.41. The summed E-state index contributed by atoms with van der Waals surface area (Å²) in [5.41, 5.74) is 6.00. The number of hydrogen-bond donors (Lipinski definition) is 1. The number of nitrogens with zero attached hydrogens (tertiary/aromatic N) is 2. The van der Waals surface area contributed by atoms with Gasteiger partial charge in [0.2, 0.25) is 10.0 Å². The van der Waals surface area contributed by atoms with Crippen LogP contribution in [0.2, 0.25) is 5.02 Å². The molecule has 2 rings (SSSR count). The molecule has 0 radical (unpaired) electrons. The van der Waals surface area contributed by atoms with Gasteiger partial charge in [0.05, 0.1) is 15.6 Å². The van der Waals surface area contributed by atoms with Crippen molar-refractivity contribution in [2.24, 2.45) is 0 Å². The van der Waals surface area contributed by atoms with Crippen molar-refractivity contribution in [3.63, 3.8) is 0 Å². The largest absolute Gasteiger partial charge is 0.398 e. The van der Waals surface area contributed by atoms with Crippen LogP contribution in [0.25, 0.3) is 0 Å². The summed E-state index contributed by atoms with van der Waals surface area (Å²) in [6.07, 6.45) is 1.68. The van der Waals surface area contributed by atoms with Gasteiger partial charge in [0.25, 0.3) is 0 Å². The van der Waals surface area contributed by atoms with Crippen LogP contribution in [0.4, 0.5) is 5.69 Å². The summed E-state index contributed by atoms with van der Waals surface area (Å²) in [6.45, 7) is 1.07. The zero-order valence-corrected chi connectivity index (χ0v) is 13.3. The zero-order valence-electron chi connectivity index (χ0n) is 11.7. The molecule has 2 N–H and O–H groups in total. The van der Waals surface area contributed by atoms with Crippen molar-refractivity contribution in [3.05, 3.63) is 23.2 Å². The fourth-order valence-electron chi connectivity index (χ4n) is 2.42. The monoisotopic (exact) mass is 317 g/mol. The summed E-state index contributed by atoms with van der Waals surface area (Å²) >= 11 is 5.91. The van der Waals surface area contributed by atoms with E-state index in [1.165, 1.54) is 22.5 Å². The number of nitrogen functional groups attached to an aromatic ring is 1. The number of nitrogens with two attached hydrogens (primary N) is 1. The molecule has 0 aliphatic carbocycles. The van der Waals surface area contributed by atoms with Gasteiger partial charge in [-0.2, -0.15) is 4.31 Å². The molecule has 0 atom stereocenters. The molecule has 1 aliphatic rings. The second-order valence-electron chi connectivity index (χ2n) is 5.28. The van der Waals surface area contributed by atoms with Crippen molar-refractivity contribution in [1.29, 1.82) is 0 Å². The number of halogens is 1. The van der Waals surface area contributed by atoms with Gasteiger partial charge in [-0.05, 0) is 45.1 Å². The van der Waals surface area contributed by atoms with E-state index in [9.17, 15) is 8.42 Å². The Kier molecular flexibility index (Phi) is 4.59. The summed E-state index contributed by atoms with van der Waals surface area (Å²) in [5.74, 6) is 0. The van der Waals surface area contributed by atoms with Crippen LogP contribution < -0.4 is 5.73 Å². The first kappa shape index (κ1) is 15.6. The summed E-state index contributed by atoms with van der Waals surface area (Å²) in [5, 5.41) is 0.272. The molecule has 7 heteroatoms. The van der Waals surface area contributed by atoms with Crippen molar-refractivity contribution < 1.29 is 8.42 Å². The molecule has 0 amide bonds. The molecule has 1 fully saturated rings. The molecule has 1 saturated heterocycles. The highest BCUT2D eigenvalue weighted by Crippen LogP contribution is 2.26. The third kappa shape index (κ3) is 3.09. The van der Waals surface area contributed by atoms with Crippen LogP contribution in [0.5, 0.6) is 0 Å². The summed E-state index contributed by atoms with van der Waals surface area (Å²) in [7, 11) is 0.569. The molecule has 0 saturated carbocycles. The lowest BCUT2D eigenvalue weighted by atomic mass is 10.1. The maximum Gasteiger partial charge on any atom is 0.243 e. The number of benzene rings is 1. The summed E-state index contributed by atoms with van der Waals surface area (Å²) in [4.78, 5) is 2.35. The number of piperidine rings is 1. The molecule has 0 bridgehead atoms. The Labute approximate surface area is 125 Å². The van der Waals surface area contributed by atoms with E-state index >= 15 is 0 Å². The highest BCUT2D eigenvalue weighted by atomic mass is 35.5. The Bertz CT molecular complexity index is 581. The van der Waals surface area contributed by atoms with Crippen molar-refractivity contribution in [3.8, 4) is 0 Å². The molecule has 1 aliphatic heterocycles. The van der Waals surface area contributed by atoms with Gasteiger partial charge < -0.3 is 10.6 Å². The molecule has 1 aromatic rings. The molecular weight excluding hydrogens is 298 g/mol. The van der Waals surface area contributed by atoms with Crippen LogP contribution in [-0.4, -0.2) is 50.8 Å². The second kappa shape index (κ2) is 5.89. The summed E-state index contributed by atoms with van der Waals surface area (Å²) in [6, 6.07) is 4.90. The van der Waals surface area contributed by atoms with Crippen molar-refractivity contribution in [1.82, 2.24) is 9.21 Å². The SMILES string of the molecule is CN(C)C1CCN(S(=O)(=O)c2ccc(N)c(Cl)c2)CC1. The molecule has 1 heterocycles. The van der Waals surface area contributed by atoms with Gasteiger partial charge in [0.15, 0.2) is 0 Å². The van der Waals surface area contributed by atoms with Crippen LogP contribution in [-0.2, 0) is 10.0 Å². The normalized spacial score (nSPS) is 18.6. The molecule has 1 aromatic carbocycles. The smallest absolute Gasteiger partial charge is 0.243 e. The quantitative estimate of drug-likeness (QED) is 0.861. The first-order valence-electron chi connectivity index (χ1n) is 6.54. The third-order valence-corrected chi connectivity index (χ3v) is 5.99. The topological polar surface area (TPSA) is 66.6 Å². The van der Waals surface area contributed by atoms with Gasteiger partial charge in [-0.1, -0.05) is 11.6 Å². The Morgan fingerprint density at radius 2 is 1.90 bits per heavy atom. The molecule has 112 valence electrons. The van der Waals surface area contributed by atoms with E-state index in [0.717, 1.165) is 12.8 Å². The van der Waals surface area contributed by atoms with E-state index in [-0.39, 0.29) is 9.92 Å². The Balaban J connectivity index is 2.17. The number of hydrogen-bond acceptors (Lipinski definition) is 4. The lowest BCUT2D eigenvalue weighted by molar-refractivity contribution is 0.196. The molecule has 5 nitrogen and oxygen atoms in total. The minimum absolute atomic E-state index is 0.208. The molecule has 0 unspecified atom stereocenters. The standard InChI is InChI=1S/C13H20ClN3O2S/c1-16(2)10-5-7-17(8-6-10)20(18,19)11-3-4-13(15)12(14)9-11/h3-4,9-10H,5-8,15H2,1-2H3. The minimum Gasteiger partial charge on any atom is -0.398 e. The van der Waals surface area contributed by atoms with E-state index in [0.29, 0.717) is 24.8 Å². The van der Waals surface area contributed by atoms with Crippen molar-refractivity contribution in [2.45, 2.75) is 23.8 Å². The van der Waals surface area contributed by atoms with Crippen LogP contribution in [0.1, 0.15) is 12.8 Å². The van der Waals surface area contributed by atoms with Crippen LogP contribution >= 0.6 is 11.6 Å². The fourth-order valence-corrected chi connectivity index (χ4v) is 4.16. The van der Waals surface area contributed by atoms with Crippen molar-refractivity contribution in [2.75, 3.05) is 32.9 Å². The third-order valence-electron chi connectivity index (χ3n) is 3.76. The maximum absolute atomic E-state index is 12.5. The second-order valence-corrected chi connectivity index (χ2v) is 7.63. The van der Waals surface area contributed by atoms with Gasteiger partial charge in [0, 0.05) is 19.1 Å². The van der Waals surface area contributed by atoms with Gasteiger partial charge >= 0.3 is 0 Å². The molecule has 0 aromatic heterocycles. The first-order valence-corrected chi connectivity index (χ1v) is 8.36. The Hall–Kier alpha value is -0.820. The number of anilines is 1. The van der Waals surface area contributed by atoms with E-state index in [1.807, 2.05) is 14.1 Å². The molecule has 0 spiro atoms. The zero-order chi connectivity index (χ0) is 14.9. The van der Waals surface area contributed by atoms with Crippen molar-refractivity contribution >= 4 is 27.3 Å². The number of rotatable bonds is 3. The lowest BCUT2D eigenvalue weighted by Gasteiger charge is -2.34. The van der Waals surface area contributed by atoms with E-state index in [4.69, 9.17) is 17.3 Å². The predicted molar refractivity (Wildman–Crippen MR) is 81.3 cm³/mol. The van der Waals surface area contributed by atoms with Crippen LogP contribution in [0, 0.1) is 0 Å². The van der Waals surface area contributed by atoms with Gasteiger partial charge in [-0.25, -0.2) is 8.42 Å². The lowest BCUT2D eigenvalue weighted by Crippen LogP contribution is -2.44. The van der Waals surface area contributed by atoms with Gasteiger partial charge in [-0.15, -0.1) is 0 Å². The van der Waals surface area contributed by atoms with E-state index in [2.05, 4.69) is 4.90 Å². The average molecular weight is 318 g/mol. The predicted octanol–water partition coefficient (Wildman–Crippen LogP) is 1.64. The Morgan fingerprint density at radius 1 is 1.30 bits per heavy atom. The minimum atomic E-state index is -3.48. The Morgan fingerprint density at radius 3 is 2.40 bits per heavy atom. The maximum atomic E-state index is 12.5. The van der Waals surface area contributed by atoms with E-state index in [1.54, 1.807) is 0 Å². The fraction of sp³-hybridized carbons (Fsp3) is 0.538. The first-order chi connectivity index (χ1) is 9.32. The van der Waals surface area contributed by atoms with Crippen LogP contribution in [0.3, 0.4) is 0 Å². The number of sulfonamides is 1.